The van der Waals surface area contributed by atoms with Crippen LogP contribution in [-0.2, 0) is 13.0 Å². The maximum atomic E-state index is 11.9. The molecule has 0 bridgehead atoms. The summed E-state index contributed by atoms with van der Waals surface area (Å²) in [5, 5.41) is 0.352. The molecule has 1 aliphatic heterocycles. The largest absolute Gasteiger partial charge is 0.312 e. The van der Waals surface area contributed by atoms with E-state index in [0.29, 0.717) is 29.1 Å². The van der Waals surface area contributed by atoms with Gasteiger partial charge in [-0.3, -0.25) is 9.59 Å². The van der Waals surface area contributed by atoms with E-state index in [2.05, 4.69) is 0 Å². The number of ketones is 1. The third-order valence-corrected chi connectivity index (χ3v) is 3.60. The van der Waals surface area contributed by atoms with Crippen LogP contribution in [0.2, 0.25) is 5.02 Å². The summed E-state index contributed by atoms with van der Waals surface area (Å²) >= 11 is 6.12. The molecule has 1 aliphatic rings. The van der Waals surface area contributed by atoms with Gasteiger partial charge in [-0.2, -0.15) is 0 Å². The molecule has 0 radical (unpaired) electrons. The van der Waals surface area contributed by atoms with Crippen LogP contribution in [0.4, 0.5) is 0 Å². The number of carbonyl (C=O) groups excluding carboxylic acids is 1. The van der Waals surface area contributed by atoms with E-state index in [1.807, 2.05) is 6.92 Å². The van der Waals surface area contributed by atoms with Crippen LogP contribution in [0.25, 0.3) is 0 Å². The summed E-state index contributed by atoms with van der Waals surface area (Å²) in [6.45, 7) is 4.20. The van der Waals surface area contributed by atoms with Crippen molar-refractivity contribution in [3.05, 3.63) is 32.2 Å². The smallest absolute Gasteiger partial charge is 0.255 e. The van der Waals surface area contributed by atoms with Gasteiger partial charge in [0.25, 0.3) is 5.56 Å². The van der Waals surface area contributed by atoms with Crippen molar-refractivity contribution in [2.24, 2.45) is 0 Å². The van der Waals surface area contributed by atoms with Gasteiger partial charge in [-0.1, -0.05) is 18.5 Å². The number of halogens is 1. The van der Waals surface area contributed by atoms with Crippen molar-refractivity contribution in [3.63, 3.8) is 0 Å². The molecule has 2 rings (SSSR count). The van der Waals surface area contributed by atoms with E-state index >= 15 is 0 Å². The van der Waals surface area contributed by atoms with E-state index in [-0.39, 0.29) is 11.3 Å². The number of hydrogen-bond donors (Lipinski definition) is 0. The lowest BCUT2D eigenvalue weighted by molar-refractivity contribution is 0.0986. The molecule has 86 valence electrons. The van der Waals surface area contributed by atoms with Crippen LogP contribution in [0, 0.1) is 6.92 Å². The molecule has 0 N–H and O–H groups in total. The van der Waals surface area contributed by atoms with Crippen LogP contribution in [0.1, 0.15) is 41.4 Å². The van der Waals surface area contributed by atoms with Gasteiger partial charge in [0.1, 0.15) is 0 Å². The standard InChI is InChI=1S/C12H14ClNO2/c1-3-9(15)10-8-5-4-6-14(8)12(16)7(2)11(10)13/h3-6H2,1-2H3. The van der Waals surface area contributed by atoms with E-state index in [0.717, 1.165) is 18.5 Å². The van der Waals surface area contributed by atoms with E-state index < -0.39 is 0 Å². The second-order valence-electron chi connectivity index (χ2n) is 4.10. The first-order chi connectivity index (χ1) is 7.57. The highest BCUT2D eigenvalue weighted by Gasteiger charge is 2.24. The summed E-state index contributed by atoms with van der Waals surface area (Å²) in [6.07, 6.45) is 2.11. The lowest BCUT2D eigenvalue weighted by Crippen LogP contribution is -2.25. The van der Waals surface area contributed by atoms with Crippen molar-refractivity contribution in [1.82, 2.24) is 4.57 Å². The average Bonchev–Trinajstić information content (AvgIpc) is 2.74. The molecule has 2 heterocycles. The molecule has 0 aromatic carbocycles. The molecule has 0 fully saturated rings. The Balaban J connectivity index is 2.79. The fraction of sp³-hybridized carbons (Fsp3) is 0.500. The second kappa shape index (κ2) is 4.06. The summed E-state index contributed by atoms with van der Waals surface area (Å²) in [6, 6.07) is 0. The molecule has 3 nitrogen and oxygen atoms in total. The second-order valence-corrected chi connectivity index (χ2v) is 4.48. The third kappa shape index (κ3) is 1.50. The number of Topliss-reactive ketones (excluding diaryl/α,β-unsaturated/α-hetero) is 1. The van der Waals surface area contributed by atoms with Gasteiger partial charge in [0, 0.05) is 24.2 Å². The third-order valence-electron chi connectivity index (χ3n) is 3.12. The minimum atomic E-state index is -0.0508. The van der Waals surface area contributed by atoms with Crippen LogP contribution >= 0.6 is 11.6 Å². The molecule has 0 saturated carbocycles. The molecule has 0 unspecified atom stereocenters. The van der Waals surface area contributed by atoms with E-state index in [9.17, 15) is 9.59 Å². The van der Waals surface area contributed by atoms with Gasteiger partial charge in [-0.25, -0.2) is 0 Å². The molecule has 16 heavy (non-hydrogen) atoms. The molecule has 0 atom stereocenters. The maximum absolute atomic E-state index is 11.9. The van der Waals surface area contributed by atoms with E-state index in [1.165, 1.54) is 0 Å². The van der Waals surface area contributed by atoms with Gasteiger partial charge < -0.3 is 4.57 Å². The van der Waals surface area contributed by atoms with Crippen LogP contribution < -0.4 is 5.56 Å². The molecule has 0 saturated heterocycles. The first-order valence-corrected chi connectivity index (χ1v) is 5.90. The van der Waals surface area contributed by atoms with Crippen molar-refractivity contribution < 1.29 is 4.79 Å². The van der Waals surface area contributed by atoms with Crippen molar-refractivity contribution >= 4 is 17.4 Å². The molecule has 1 aromatic rings. The minimum absolute atomic E-state index is 0.0266. The van der Waals surface area contributed by atoms with Crippen molar-refractivity contribution in [2.75, 3.05) is 0 Å². The SMILES string of the molecule is CCC(=O)c1c(Cl)c(C)c(=O)n2c1CCC2. The Morgan fingerprint density at radius 3 is 2.81 bits per heavy atom. The molecule has 0 spiro atoms. The summed E-state index contributed by atoms with van der Waals surface area (Å²) < 4.78 is 1.70. The van der Waals surface area contributed by atoms with Crippen molar-refractivity contribution in [1.29, 1.82) is 0 Å². The molecule has 4 heteroatoms. The van der Waals surface area contributed by atoms with Gasteiger partial charge in [-0.15, -0.1) is 0 Å². The van der Waals surface area contributed by atoms with Crippen molar-refractivity contribution in [2.45, 2.75) is 39.7 Å². The quantitative estimate of drug-likeness (QED) is 0.744. The van der Waals surface area contributed by atoms with E-state index in [4.69, 9.17) is 11.6 Å². The monoisotopic (exact) mass is 239 g/mol. The number of rotatable bonds is 2. The first-order valence-electron chi connectivity index (χ1n) is 5.52. The number of carbonyl (C=O) groups is 1. The Hall–Kier alpha value is -1.09. The Morgan fingerprint density at radius 1 is 1.50 bits per heavy atom. The van der Waals surface area contributed by atoms with Crippen LogP contribution in [0.15, 0.2) is 4.79 Å². The molecular formula is C12H14ClNO2. The molecular weight excluding hydrogens is 226 g/mol. The van der Waals surface area contributed by atoms with E-state index in [1.54, 1.807) is 11.5 Å². The van der Waals surface area contributed by atoms with Crippen LogP contribution in [0.3, 0.4) is 0 Å². The fourth-order valence-electron chi connectivity index (χ4n) is 2.23. The highest BCUT2D eigenvalue weighted by molar-refractivity contribution is 6.34. The number of pyridine rings is 1. The maximum Gasteiger partial charge on any atom is 0.255 e. The Bertz CT molecular complexity index is 517. The van der Waals surface area contributed by atoms with Crippen molar-refractivity contribution in [3.8, 4) is 0 Å². The highest BCUT2D eigenvalue weighted by atomic mass is 35.5. The van der Waals surface area contributed by atoms with Crippen LogP contribution in [0.5, 0.6) is 0 Å². The van der Waals surface area contributed by atoms with Gasteiger partial charge in [0.05, 0.1) is 10.6 Å². The number of nitrogens with zero attached hydrogens (tertiary/aromatic N) is 1. The topological polar surface area (TPSA) is 39.1 Å². The van der Waals surface area contributed by atoms with Gasteiger partial charge >= 0.3 is 0 Å². The predicted octanol–water partition coefficient (Wildman–Crippen LogP) is 2.35. The average molecular weight is 240 g/mol. The molecule has 0 amide bonds. The zero-order chi connectivity index (χ0) is 11.9. The number of hydrogen-bond acceptors (Lipinski definition) is 2. The summed E-state index contributed by atoms with van der Waals surface area (Å²) in [7, 11) is 0. The Morgan fingerprint density at radius 2 is 2.19 bits per heavy atom. The summed E-state index contributed by atoms with van der Waals surface area (Å²) in [4.78, 5) is 23.8. The minimum Gasteiger partial charge on any atom is -0.312 e. The van der Waals surface area contributed by atoms with Gasteiger partial charge in [-0.05, 0) is 19.8 Å². The fourth-order valence-corrected chi connectivity index (χ4v) is 2.52. The Kier molecular flexibility index (Phi) is 2.89. The number of aromatic nitrogens is 1. The highest BCUT2D eigenvalue weighted by Crippen LogP contribution is 2.27. The lowest BCUT2D eigenvalue weighted by Gasteiger charge is -2.12. The number of fused-ring (bicyclic) bond motifs is 1. The van der Waals surface area contributed by atoms with Gasteiger partial charge in [0.15, 0.2) is 5.78 Å². The molecule has 1 aromatic heterocycles. The summed E-state index contributed by atoms with van der Waals surface area (Å²) in [5.41, 5.74) is 1.83. The Labute approximate surface area is 99.0 Å². The zero-order valence-electron chi connectivity index (χ0n) is 9.47. The van der Waals surface area contributed by atoms with Gasteiger partial charge in [0.2, 0.25) is 0 Å². The predicted molar refractivity (Wildman–Crippen MR) is 63.4 cm³/mol. The van der Waals surface area contributed by atoms with Crippen LogP contribution in [-0.4, -0.2) is 10.4 Å². The first kappa shape index (κ1) is 11.4. The normalized spacial score (nSPS) is 13.9. The summed E-state index contributed by atoms with van der Waals surface area (Å²) in [5.74, 6) is 0.0266. The lowest BCUT2D eigenvalue weighted by atomic mass is 10.0. The molecule has 0 aliphatic carbocycles. The zero-order valence-corrected chi connectivity index (χ0v) is 10.2.